The third-order valence-corrected chi connectivity index (χ3v) is 5.26. The van der Waals surface area contributed by atoms with Crippen LogP contribution in [0.3, 0.4) is 0 Å². The average Bonchev–Trinajstić information content (AvgIpc) is 3.06. The summed E-state index contributed by atoms with van der Waals surface area (Å²) < 4.78 is 17.1. The van der Waals surface area contributed by atoms with Crippen molar-refractivity contribution in [3.63, 3.8) is 0 Å². The summed E-state index contributed by atoms with van der Waals surface area (Å²) in [6.07, 6.45) is 0.705. The molecule has 2 unspecified atom stereocenters. The van der Waals surface area contributed by atoms with Gasteiger partial charge in [-0.2, -0.15) is 0 Å². The van der Waals surface area contributed by atoms with Gasteiger partial charge in [0.05, 0.1) is 19.3 Å². The Morgan fingerprint density at radius 1 is 1.28 bits per heavy atom. The molecule has 0 radical (unpaired) electrons. The van der Waals surface area contributed by atoms with Crippen molar-refractivity contribution in [1.82, 2.24) is 0 Å². The van der Waals surface area contributed by atoms with Crippen molar-refractivity contribution in [3.05, 3.63) is 41.1 Å². The maximum absolute atomic E-state index is 13.0. The normalized spacial score (nSPS) is 23.2. The molecule has 6 nitrogen and oxygen atoms in total. The molecule has 3 rings (SSSR count). The molecular weight excluding hydrogens is 368 g/mol. The SMILES string of the molecule is CCOC(=O)C1C(C)=NC(CC)=C(C2=NC(C)(C)CO2)C1c1ccccc1OC. The molecule has 1 aromatic rings. The molecule has 0 saturated heterocycles. The van der Waals surface area contributed by atoms with E-state index >= 15 is 0 Å². The van der Waals surface area contributed by atoms with Crippen molar-refractivity contribution in [1.29, 1.82) is 0 Å². The first-order valence-electron chi connectivity index (χ1n) is 10.1. The first-order chi connectivity index (χ1) is 13.8. The lowest BCUT2D eigenvalue weighted by atomic mass is 9.74. The van der Waals surface area contributed by atoms with Gasteiger partial charge in [0.2, 0.25) is 5.90 Å². The molecule has 0 saturated carbocycles. The van der Waals surface area contributed by atoms with E-state index in [9.17, 15) is 4.79 Å². The van der Waals surface area contributed by atoms with Gasteiger partial charge in [-0.25, -0.2) is 4.99 Å². The van der Waals surface area contributed by atoms with Gasteiger partial charge in [0.25, 0.3) is 0 Å². The van der Waals surface area contributed by atoms with Gasteiger partial charge >= 0.3 is 5.97 Å². The molecule has 0 amide bonds. The van der Waals surface area contributed by atoms with Crippen LogP contribution >= 0.6 is 0 Å². The lowest BCUT2D eigenvalue weighted by Crippen LogP contribution is -2.36. The Hall–Kier alpha value is -2.63. The Bertz CT molecular complexity index is 883. The first-order valence-corrected chi connectivity index (χ1v) is 10.1. The summed E-state index contributed by atoms with van der Waals surface area (Å²) in [7, 11) is 1.64. The van der Waals surface area contributed by atoms with Crippen molar-refractivity contribution in [2.24, 2.45) is 15.9 Å². The molecule has 2 heterocycles. The van der Waals surface area contributed by atoms with E-state index in [0.717, 1.165) is 22.5 Å². The van der Waals surface area contributed by atoms with E-state index in [1.165, 1.54) is 0 Å². The molecule has 0 fully saturated rings. The van der Waals surface area contributed by atoms with E-state index in [4.69, 9.17) is 24.2 Å². The number of para-hydroxylation sites is 1. The van der Waals surface area contributed by atoms with Crippen LogP contribution in [0, 0.1) is 5.92 Å². The zero-order valence-electron chi connectivity index (χ0n) is 18.1. The lowest BCUT2D eigenvalue weighted by molar-refractivity contribution is -0.146. The average molecular weight is 399 g/mol. The van der Waals surface area contributed by atoms with Crippen LogP contribution in [-0.4, -0.2) is 43.4 Å². The number of carbonyl (C=O) groups is 1. The van der Waals surface area contributed by atoms with Gasteiger partial charge in [0.1, 0.15) is 18.3 Å². The van der Waals surface area contributed by atoms with Crippen LogP contribution < -0.4 is 4.74 Å². The predicted molar refractivity (Wildman–Crippen MR) is 114 cm³/mol. The van der Waals surface area contributed by atoms with Crippen LogP contribution in [0.5, 0.6) is 5.75 Å². The maximum Gasteiger partial charge on any atom is 0.315 e. The summed E-state index contributed by atoms with van der Waals surface area (Å²) >= 11 is 0. The molecule has 0 bridgehead atoms. The van der Waals surface area contributed by atoms with Crippen molar-refractivity contribution in [2.45, 2.75) is 52.5 Å². The minimum absolute atomic E-state index is 0.296. The maximum atomic E-state index is 13.0. The van der Waals surface area contributed by atoms with E-state index in [-0.39, 0.29) is 17.4 Å². The van der Waals surface area contributed by atoms with Crippen LogP contribution in [-0.2, 0) is 14.3 Å². The van der Waals surface area contributed by atoms with Gasteiger partial charge in [-0.1, -0.05) is 25.1 Å². The van der Waals surface area contributed by atoms with Crippen LogP contribution in [0.15, 0.2) is 45.5 Å². The highest BCUT2D eigenvalue weighted by Gasteiger charge is 2.44. The van der Waals surface area contributed by atoms with E-state index in [0.29, 0.717) is 31.3 Å². The van der Waals surface area contributed by atoms with E-state index in [1.807, 2.05) is 52.0 Å². The number of nitrogens with zero attached hydrogens (tertiary/aromatic N) is 2. The first kappa shape index (κ1) is 21.1. The number of ether oxygens (including phenoxy) is 3. The molecule has 2 aliphatic heterocycles. The largest absolute Gasteiger partial charge is 0.496 e. The lowest BCUT2D eigenvalue weighted by Gasteiger charge is -2.33. The highest BCUT2D eigenvalue weighted by molar-refractivity contribution is 6.08. The molecule has 156 valence electrons. The number of methoxy groups -OCH3 is 1. The van der Waals surface area contributed by atoms with E-state index in [1.54, 1.807) is 7.11 Å². The van der Waals surface area contributed by atoms with Crippen molar-refractivity contribution >= 4 is 17.6 Å². The number of aliphatic imine (C=N–C) groups is 2. The minimum Gasteiger partial charge on any atom is -0.496 e. The van der Waals surface area contributed by atoms with Gasteiger partial charge in [-0.3, -0.25) is 9.79 Å². The van der Waals surface area contributed by atoms with Crippen molar-refractivity contribution in [2.75, 3.05) is 20.3 Å². The van der Waals surface area contributed by atoms with Crippen LogP contribution in [0.1, 0.15) is 52.5 Å². The van der Waals surface area contributed by atoms with Gasteiger partial charge in [0, 0.05) is 28.5 Å². The summed E-state index contributed by atoms with van der Waals surface area (Å²) in [4.78, 5) is 22.6. The molecule has 6 heteroatoms. The number of rotatable bonds is 6. The number of benzene rings is 1. The van der Waals surface area contributed by atoms with Gasteiger partial charge < -0.3 is 14.2 Å². The summed E-state index contributed by atoms with van der Waals surface area (Å²) in [5.74, 6) is 0.0765. The Kier molecular flexibility index (Phi) is 6.10. The third-order valence-electron chi connectivity index (χ3n) is 5.26. The highest BCUT2D eigenvalue weighted by Crippen LogP contribution is 2.45. The van der Waals surface area contributed by atoms with Gasteiger partial charge in [-0.15, -0.1) is 0 Å². The number of carbonyl (C=O) groups excluding carboxylic acids is 1. The minimum atomic E-state index is -0.563. The Morgan fingerprint density at radius 3 is 2.59 bits per heavy atom. The zero-order chi connectivity index (χ0) is 21.2. The summed E-state index contributed by atoms with van der Waals surface area (Å²) in [5.41, 5.74) is 3.06. The summed E-state index contributed by atoms with van der Waals surface area (Å²) in [6.45, 7) is 10.6. The molecule has 0 aliphatic carbocycles. The van der Waals surface area contributed by atoms with E-state index in [2.05, 4.69) is 6.92 Å². The standard InChI is InChI=1S/C23H30N2O4/c1-7-16-20(21-25-23(4,5)13-29-21)19(15-11-9-10-12-17(15)27-6)18(14(3)24-16)22(26)28-8-2/h9-12,18-19H,7-8,13H2,1-6H3. The van der Waals surface area contributed by atoms with Gasteiger partial charge in [0.15, 0.2) is 0 Å². The molecule has 0 spiro atoms. The number of esters is 1. The Labute approximate surface area is 172 Å². The van der Waals surface area contributed by atoms with Crippen molar-refractivity contribution < 1.29 is 19.0 Å². The monoisotopic (exact) mass is 398 g/mol. The van der Waals surface area contributed by atoms with E-state index < -0.39 is 5.92 Å². The summed E-state index contributed by atoms with van der Waals surface area (Å²) in [5, 5.41) is 0. The zero-order valence-corrected chi connectivity index (χ0v) is 18.1. The molecule has 2 aliphatic rings. The quantitative estimate of drug-likeness (QED) is 0.670. The fourth-order valence-corrected chi connectivity index (χ4v) is 3.98. The fourth-order valence-electron chi connectivity index (χ4n) is 3.98. The summed E-state index contributed by atoms with van der Waals surface area (Å²) in [6, 6.07) is 7.76. The Morgan fingerprint density at radius 2 is 2.00 bits per heavy atom. The van der Waals surface area contributed by atoms with Crippen molar-refractivity contribution in [3.8, 4) is 5.75 Å². The second kappa shape index (κ2) is 8.39. The smallest absolute Gasteiger partial charge is 0.315 e. The number of hydrogen-bond donors (Lipinski definition) is 0. The van der Waals surface area contributed by atoms with Gasteiger partial charge in [-0.05, 0) is 40.2 Å². The molecule has 0 aromatic heterocycles. The molecule has 0 N–H and O–H groups in total. The van der Waals surface area contributed by atoms with Crippen LogP contribution in [0.4, 0.5) is 0 Å². The molecule has 29 heavy (non-hydrogen) atoms. The highest BCUT2D eigenvalue weighted by atomic mass is 16.5. The third kappa shape index (κ3) is 4.07. The molecular formula is C23H30N2O4. The predicted octanol–water partition coefficient (Wildman–Crippen LogP) is 4.30. The second-order valence-electron chi connectivity index (χ2n) is 7.93. The van der Waals surface area contributed by atoms with Crippen LogP contribution in [0.2, 0.25) is 0 Å². The number of hydrogen-bond acceptors (Lipinski definition) is 6. The second-order valence-corrected chi connectivity index (χ2v) is 7.93. The van der Waals surface area contributed by atoms with Crippen LogP contribution in [0.25, 0.3) is 0 Å². The number of allylic oxidation sites excluding steroid dienone is 1. The Balaban J connectivity index is 2.26. The molecule has 1 aromatic carbocycles. The molecule has 2 atom stereocenters. The fraction of sp³-hybridized carbons (Fsp3) is 0.522. The topological polar surface area (TPSA) is 69.5 Å².